The summed E-state index contributed by atoms with van der Waals surface area (Å²) in [5.74, 6) is 0.508. The van der Waals surface area contributed by atoms with Crippen molar-refractivity contribution < 1.29 is 45.2 Å². The summed E-state index contributed by atoms with van der Waals surface area (Å²) < 4.78 is 12.6. The molecule has 0 unspecified atom stereocenters. The monoisotopic (exact) mass is 636 g/mol. The van der Waals surface area contributed by atoms with Crippen LogP contribution in [0.25, 0.3) is 0 Å². The first-order valence-electron chi connectivity index (χ1n) is 17.3. The maximum atomic E-state index is 11.5. The van der Waals surface area contributed by atoms with E-state index < -0.39 is 66.5 Å². The molecule has 0 amide bonds. The van der Waals surface area contributed by atoms with E-state index in [1.807, 2.05) is 33.8 Å². The van der Waals surface area contributed by atoms with Gasteiger partial charge in [0.15, 0.2) is 6.29 Å². The summed E-state index contributed by atoms with van der Waals surface area (Å²) in [4.78, 5) is 0. The molecular weight excluding hydrogens is 576 g/mol. The zero-order valence-electron chi connectivity index (χ0n) is 28.4. The molecular formula is C36H60O9. The number of hydrogen-bond donors (Lipinski definition) is 7. The normalized spacial score (nSPS) is 48.8. The zero-order chi connectivity index (χ0) is 33.3. The topological polar surface area (TPSA) is 160 Å². The molecule has 9 nitrogen and oxygen atoms in total. The van der Waals surface area contributed by atoms with Crippen LogP contribution in [0.4, 0.5) is 0 Å². The molecule has 0 bridgehead atoms. The summed E-state index contributed by atoms with van der Waals surface area (Å²) in [7, 11) is 0. The first-order chi connectivity index (χ1) is 21.0. The Morgan fingerprint density at radius 2 is 1.64 bits per heavy atom. The lowest BCUT2D eigenvalue weighted by Crippen LogP contribution is -2.66. The van der Waals surface area contributed by atoms with E-state index in [9.17, 15) is 35.7 Å². The lowest BCUT2D eigenvalue weighted by Gasteiger charge is -2.68. The van der Waals surface area contributed by atoms with Crippen molar-refractivity contribution >= 4 is 0 Å². The Morgan fingerprint density at radius 1 is 0.956 bits per heavy atom. The van der Waals surface area contributed by atoms with Crippen LogP contribution >= 0.6 is 0 Å². The van der Waals surface area contributed by atoms with Gasteiger partial charge in [0.2, 0.25) is 0 Å². The van der Waals surface area contributed by atoms with E-state index in [1.165, 1.54) is 0 Å². The molecule has 5 rings (SSSR count). The first-order valence-corrected chi connectivity index (χ1v) is 17.3. The van der Waals surface area contributed by atoms with Gasteiger partial charge >= 0.3 is 0 Å². The predicted molar refractivity (Wildman–Crippen MR) is 170 cm³/mol. The Bertz CT molecular complexity index is 1130. The Labute approximate surface area is 269 Å². The fraction of sp³-hybridized carbons (Fsp3) is 0.889. The Hall–Kier alpha value is -0.880. The van der Waals surface area contributed by atoms with Crippen molar-refractivity contribution in [3.8, 4) is 0 Å². The van der Waals surface area contributed by atoms with Crippen LogP contribution in [0, 0.1) is 45.3 Å². The molecule has 0 aromatic rings. The third-order valence-electron chi connectivity index (χ3n) is 13.8. The molecule has 5 aliphatic rings. The molecule has 4 aliphatic carbocycles. The average Bonchev–Trinajstić information content (AvgIpc) is 3.25. The molecule has 258 valence electrons. The lowest BCUT2D eigenvalue weighted by molar-refractivity contribution is -0.324. The Kier molecular flexibility index (Phi) is 9.87. The number of fused-ring (bicyclic) bond motifs is 5. The fourth-order valence-corrected chi connectivity index (χ4v) is 11.2. The van der Waals surface area contributed by atoms with Gasteiger partial charge in [0, 0.05) is 23.4 Å². The van der Waals surface area contributed by atoms with Crippen LogP contribution in [-0.4, -0.2) is 98.0 Å². The smallest absolute Gasteiger partial charge is 0.187 e. The van der Waals surface area contributed by atoms with Crippen molar-refractivity contribution in [1.29, 1.82) is 0 Å². The van der Waals surface area contributed by atoms with Crippen molar-refractivity contribution in [2.45, 2.75) is 142 Å². The highest BCUT2D eigenvalue weighted by Crippen LogP contribution is 2.75. The maximum absolute atomic E-state index is 11.5. The number of ether oxygens (including phenoxy) is 2. The molecule has 0 aromatic heterocycles. The van der Waals surface area contributed by atoms with Gasteiger partial charge < -0.3 is 45.2 Å². The second-order valence-electron chi connectivity index (χ2n) is 16.7. The Morgan fingerprint density at radius 3 is 2.27 bits per heavy atom. The van der Waals surface area contributed by atoms with Crippen LogP contribution < -0.4 is 0 Å². The second-order valence-corrected chi connectivity index (χ2v) is 16.7. The van der Waals surface area contributed by atoms with Crippen molar-refractivity contribution in [3.05, 3.63) is 23.3 Å². The van der Waals surface area contributed by atoms with E-state index in [2.05, 4.69) is 26.8 Å². The van der Waals surface area contributed by atoms with E-state index in [4.69, 9.17) is 9.47 Å². The summed E-state index contributed by atoms with van der Waals surface area (Å²) in [6, 6.07) is 0. The number of aliphatic hydroxyl groups is 7. The third kappa shape index (κ3) is 5.50. The minimum absolute atomic E-state index is 0.0361. The predicted octanol–water partition coefficient (Wildman–Crippen LogP) is 3.07. The van der Waals surface area contributed by atoms with Crippen LogP contribution in [-0.2, 0) is 9.47 Å². The molecule has 0 spiro atoms. The summed E-state index contributed by atoms with van der Waals surface area (Å²) in [6.45, 7) is 14.5. The van der Waals surface area contributed by atoms with Gasteiger partial charge in [-0.3, -0.25) is 0 Å². The second kappa shape index (κ2) is 12.5. The minimum atomic E-state index is -1.56. The first kappa shape index (κ1) is 35.4. The van der Waals surface area contributed by atoms with Crippen molar-refractivity contribution in [1.82, 2.24) is 0 Å². The summed E-state index contributed by atoms with van der Waals surface area (Å²) in [5.41, 5.74) is 0.667. The van der Waals surface area contributed by atoms with Gasteiger partial charge in [-0.2, -0.15) is 0 Å². The molecule has 9 heteroatoms. The standard InChI is InChI=1S/C36H60O9/c1-19(2)14-21(39)15-20(3)22-10-11-35(7)31-25(44-32-30(43)29(42)28(41)26(17-37)45-32)16-24-23(8-9-27(40)33(24,4)5)36(31,18-38)13-12-34(22,35)6/h14,16,20-23,25-32,37-43H,8-13,15,17-18H2,1-7H3/t20-,21+,22-,23-,25+,26-,27+,28-,29+,30-,31+,32-,34-,35+,36-/m1/s1. The van der Waals surface area contributed by atoms with Crippen LogP contribution in [0.15, 0.2) is 23.3 Å². The number of hydrogen-bond acceptors (Lipinski definition) is 9. The van der Waals surface area contributed by atoms with Gasteiger partial charge in [-0.15, -0.1) is 0 Å². The molecule has 1 aliphatic heterocycles. The van der Waals surface area contributed by atoms with Gasteiger partial charge in [-0.25, -0.2) is 0 Å². The number of allylic oxidation sites excluding steroid dienone is 1. The zero-order valence-corrected chi connectivity index (χ0v) is 28.4. The van der Waals surface area contributed by atoms with Gasteiger partial charge in [0.05, 0.1) is 24.9 Å². The Balaban J connectivity index is 1.59. The van der Waals surface area contributed by atoms with E-state index in [-0.39, 0.29) is 35.2 Å². The maximum Gasteiger partial charge on any atom is 0.187 e. The van der Waals surface area contributed by atoms with E-state index >= 15 is 0 Å². The molecule has 1 saturated heterocycles. The quantitative estimate of drug-likeness (QED) is 0.199. The third-order valence-corrected chi connectivity index (χ3v) is 13.8. The average molecular weight is 637 g/mol. The number of rotatable bonds is 8. The van der Waals surface area contributed by atoms with Crippen molar-refractivity contribution in [2.75, 3.05) is 13.2 Å². The molecule has 4 fully saturated rings. The lowest BCUT2D eigenvalue weighted by atomic mass is 9.38. The molecule has 15 atom stereocenters. The molecule has 1 heterocycles. The highest BCUT2D eigenvalue weighted by atomic mass is 16.7. The van der Waals surface area contributed by atoms with Gasteiger partial charge in [0.25, 0.3) is 0 Å². The van der Waals surface area contributed by atoms with E-state index in [0.29, 0.717) is 18.8 Å². The molecule has 0 aromatic carbocycles. The van der Waals surface area contributed by atoms with Crippen LogP contribution in [0.2, 0.25) is 0 Å². The molecule has 0 radical (unpaired) electrons. The fourth-order valence-electron chi connectivity index (χ4n) is 11.2. The highest BCUT2D eigenvalue weighted by Gasteiger charge is 2.71. The summed E-state index contributed by atoms with van der Waals surface area (Å²) in [6.07, 6.45) is 1.10. The summed E-state index contributed by atoms with van der Waals surface area (Å²) in [5, 5.41) is 75.5. The summed E-state index contributed by atoms with van der Waals surface area (Å²) >= 11 is 0. The van der Waals surface area contributed by atoms with E-state index in [1.54, 1.807) is 0 Å². The van der Waals surface area contributed by atoms with Crippen molar-refractivity contribution in [2.24, 2.45) is 45.3 Å². The van der Waals surface area contributed by atoms with E-state index in [0.717, 1.165) is 43.3 Å². The molecule has 45 heavy (non-hydrogen) atoms. The van der Waals surface area contributed by atoms with Crippen LogP contribution in [0.5, 0.6) is 0 Å². The minimum Gasteiger partial charge on any atom is -0.396 e. The highest BCUT2D eigenvalue weighted by molar-refractivity contribution is 5.33. The van der Waals surface area contributed by atoms with Gasteiger partial charge in [-0.05, 0) is 87.4 Å². The molecule has 3 saturated carbocycles. The largest absolute Gasteiger partial charge is 0.396 e. The molecule has 7 N–H and O–H groups in total. The van der Waals surface area contributed by atoms with Gasteiger partial charge in [-0.1, -0.05) is 57.9 Å². The van der Waals surface area contributed by atoms with Gasteiger partial charge in [0.1, 0.15) is 24.4 Å². The van der Waals surface area contributed by atoms with Crippen LogP contribution in [0.1, 0.15) is 93.4 Å². The van der Waals surface area contributed by atoms with Crippen molar-refractivity contribution in [3.63, 3.8) is 0 Å². The van der Waals surface area contributed by atoms with Crippen LogP contribution in [0.3, 0.4) is 0 Å². The number of aliphatic hydroxyl groups excluding tert-OH is 7. The SMILES string of the molecule is CC(C)=C[C@H](O)C[C@@H](C)[C@H]1CC[C@@]2(C)[C@@H]3[C@@H](O[C@@H]4O[C@H](CO)[C@@H](O)[C@H](O)[C@H]4O)C=C4[C@@H](CC[C@H](O)C4(C)C)[C@]3(CO)CC[C@]12C.